The maximum absolute atomic E-state index is 2.50. The van der Waals surface area contributed by atoms with Crippen molar-refractivity contribution in [3.63, 3.8) is 0 Å². The lowest BCUT2D eigenvalue weighted by Crippen LogP contribution is -2.27. The maximum atomic E-state index is 2.50. The van der Waals surface area contributed by atoms with Gasteiger partial charge in [0.1, 0.15) is 0 Å². The maximum Gasteiger partial charge on any atom is 0.0495 e. The van der Waals surface area contributed by atoms with Crippen LogP contribution < -0.4 is 5.30 Å². The van der Waals surface area contributed by atoms with Gasteiger partial charge in [0.2, 0.25) is 0 Å². The summed E-state index contributed by atoms with van der Waals surface area (Å²) in [5.41, 5.74) is 6.14. The van der Waals surface area contributed by atoms with Crippen LogP contribution in [0.2, 0.25) is 0 Å². The van der Waals surface area contributed by atoms with Gasteiger partial charge in [-0.05, 0) is 54.4 Å². The lowest BCUT2D eigenvalue weighted by Gasteiger charge is -2.39. The molecule has 2 aliphatic rings. The highest BCUT2D eigenvalue weighted by Crippen LogP contribution is 2.56. The molecule has 0 bridgehead atoms. The van der Waals surface area contributed by atoms with Gasteiger partial charge in [-0.15, -0.1) is 0 Å². The van der Waals surface area contributed by atoms with E-state index in [-0.39, 0.29) is 7.92 Å². The molecule has 5 rings (SSSR count). The molecular weight excluding hydrogens is 369 g/mol. The van der Waals surface area contributed by atoms with Gasteiger partial charge in [0, 0.05) is 29.2 Å². The fourth-order valence-corrected chi connectivity index (χ4v) is 9.82. The van der Waals surface area contributed by atoms with Gasteiger partial charge in [0.05, 0.1) is 0 Å². The summed E-state index contributed by atoms with van der Waals surface area (Å²) in [7, 11) is 2.16. The molecule has 1 heterocycles. The molecule has 0 atom stereocenters. The Kier molecular flexibility index (Phi) is 5.78. The molecule has 0 aliphatic heterocycles. The summed E-state index contributed by atoms with van der Waals surface area (Å²) >= 11 is 0. The number of fused-ring (bicyclic) bond motifs is 1. The zero-order chi connectivity index (χ0) is 19.6. The highest BCUT2D eigenvalue weighted by molar-refractivity contribution is 7.67. The summed E-state index contributed by atoms with van der Waals surface area (Å²) in [6.07, 6.45) is 14.6. The zero-order valence-corrected chi connectivity index (χ0v) is 18.7. The molecule has 2 fully saturated rings. The number of benzene rings is 2. The number of aromatic nitrogens is 1. The van der Waals surface area contributed by atoms with Gasteiger partial charge < -0.3 is 4.57 Å². The molecule has 2 aromatic carbocycles. The van der Waals surface area contributed by atoms with Crippen molar-refractivity contribution in [3.8, 4) is 11.3 Å². The van der Waals surface area contributed by atoms with E-state index in [4.69, 9.17) is 0 Å². The third-order valence-corrected chi connectivity index (χ3v) is 10.9. The minimum Gasteiger partial charge on any atom is -0.344 e. The second kappa shape index (κ2) is 8.65. The van der Waals surface area contributed by atoms with Gasteiger partial charge in [-0.25, -0.2) is 0 Å². The Morgan fingerprint density at radius 3 is 1.97 bits per heavy atom. The number of hydrogen-bond acceptors (Lipinski definition) is 0. The standard InChI is InChI=1S/C27H34NP/c1-28-25-18-10-8-12-21(25)20-26(28)24-17-9-11-19-27(24)29(22-13-4-2-5-14-22)23-15-6-3-7-16-23/h8-12,17-20,22-23H,2-7,13-16H2,1H3. The van der Waals surface area contributed by atoms with E-state index < -0.39 is 0 Å². The first-order valence-corrected chi connectivity index (χ1v) is 13.2. The van der Waals surface area contributed by atoms with E-state index >= 15 is 0 Å². The van der Waals surface area contributed by atoms with Crippen LogP contribution in [-0.4, -0.2) is 15.9 Å². The number of rotatable bonds is 4. The Morgan fingerprint density at radius 1 is 0.724 bits per heavy atom. The van der Waals surface area contributed by atoms with Gasteiger partial charge in [-0.3, -0.25) is 0 Å². The summed E-state index contributed by atoms with van der Waals surface area (Å²) < 4.78 is 2.42. The molecule has 0 amide bonds. The lowest BCUT2D eigenvalue weighted by atomic mass is 9.99. The van der Waals surface area contributed by atoms with Crippen molar-refractivity contribution >= 4 is 24.1 Å². The number of aryl methyl sites for hydroxylation is 1. The van der Waals surface area contributed by atoms with E-state index in [1.807, 2.05) is 0 Å². The highest BCUT2D eigenvalue weighted by Gasteiger charge is 2.33. The molecule has 1 aromatic heterocycles. The predicted molar refractivity (Wildman–Crippen MR) is 129 cm³/mol. The molecule has 1 nitrogen and oxygen atoms in total. The van der Waals surface area contributed by atoms with Crippen LogP contribution in [0.1, 0.15) is 64.2 Å². The predicted octanol–water partition coefficient (Wildman–Crippen LogP) is 7.62. The molecule has 0 unspecified atom stereocenters. The molecular formula is C27H34NP. The molecule has 0 radical (unpaired) electrons. The first kappa shape index (κ1) is 19.4. The van der Waals surface area contributed by atoms with E-state index in [0.717, 1.165) is 11.3 Å². The largest absolute Gasteiger partial charge is 0.344 e. The van der Waals surface area contributed by atoms with Crippen LogP contribution in [0.25, 0.3) is 22.2 Å². The fraction of sp³-hybridized carbons (Fsp3) is 0.481. The summed E-state index contributed by atoms with van der Waals surface area (Å²) in [4.78, 5) is 0. The molecule has 152 valence electrons. The molecule has 2 heteroatoms. The van der Waals surface area contributed by atoms with Crippen LogP contribution in [0.3, 0.4) is 0 Å². The quantitative estimate of drug-likeness (QED) is 0.395. The smallest absolute Gasteiger partial charge is 0.0495 e. The molecule has 0 N–H and O–H groups in total. The van der Waals surface area contributed by atoms with Gasteiger partial charge in [-0.2, -0.15) is 0 Å². The molecule has 0 spiro atoms. The molecule has 29 heavy (non-hydrogen) atoms. The van der Waals surface area contributed by atoms with Gasteiger partial charge in [0.15, 0.2) is 0 Å². The Hall–Kier alpha value is -1.59. The zero-order valence-electron chi connectivity index (χ0n) is 17.8. The Morgan fingerprint density at radius 2 is 1.31 bits per heavy atom. The minimum absolute atomic E-state index is 0.0915. The van der Waals surface area contributed by atoms with Crippen LogP contribution in [0.4, 0.5) is 0 Å². The van der Waals surface area contributed by atoms with Crippen LogP contribution in [0.15, 0.2) is 54.6 Å². The van der Waals surface area contributed by atoms with Gasteiger partial charge >= 0.3 is 0 Å². The summed E-state index contributed by atoms with van der Waals surface area (Å²) in [6.45, 7) is 0. The minimum atomic E-state index is -0.0915. The average Bonchev–Trinajstić information content (AvgIpc) is 3.12. The van der Waals surface area contributed by atoms with Crippen LogP contribution >= 0.6 is 7.92 Å². The molecule has 3 aromatic rings. The van der Waals surface area contributed by atoms with Gasteiger partial charge in [0.25, 0.3) is 0 Å². The number of para-hydroxylation sites is 1. The summed E-state index contributed by atoms with van der Waals surface area (Å²) in [5.74, 6) is 0. The second-order valence-electron chi connectivity index (χ2n) is 9.16. The summed E-state index contributed by atoms with van der Waals surface area (Å²) in [6, 6.07) is 20.7. The third-order valence-electron chi connectivity index (χ3n) is 7.35. The Balaban J connectivity index is 1.62. The number of hydrogen-bond donors (Lipinski definition) is 0. The third kappa shape index (κ3) is 3.79. The SMILES string of the molecule is Cn1c(-c2ccccc2P(C2CCCCC2)C2CCCCC2)cc2ccccc21. The molecule has 0 saturated heterocycles. The van der Waals surface area contributed by atoms with Crippen molar-refractivity contribution in [1.29, 1.82) is 0 Å². The van der Waals surface area contributed by atoms with Crippen LogP contribution in [0.5, 0.6) is 0 Å². The molecule has 2 aliphatic carbocycles. The van der Waals surface area contributed by atoms with E-state index in [1.165, 1.54) is 86.4 Å². The Labute approximate surface area is 177 Å². The van der Waals surface area contributed by atoms with E-state index in [2.05, 4.69) is 66.2 Å². The van der Waals surface area contributed by atoms with Crippen molar-refractivity contribution in [2.24, 2.45) is 7.05 Å². The van der Waals surface area contributed by atoms with E-state index in [0.29, 0.717) is 0 Å². The topological polar surface area (TPSA) is 4.93 Å². The lowest BCUT2D eigenvalue weighted by molar-refractivity contribution is 0.487. The van der Waals surface area contributed by atoms with Crippen molar-refractivity contribution in [2.75, 3.05) is 0 Å². The molecule has 2 saturated carbocycles. The van der Waals surface area contributed by atoms with Crippen molar-refractivity contribution in [3.05, 3.63) is 54.6 Å². The van der Waals surface area contributed by atoms with Crippen molar-refractivity contribution < 1.29 is 0 Å². The summed E-state index contributed by atoms with van der Waals surface area (Å²) in [5, 5.41) is 3.06. The highest BCUT2D eigenvalue weighted by atomic mass is 31.1. The Bertz CT molecular complexity index is 942. The van der Waals surface area contributed by atoms with Gasteiger partial charge in [-0.1, -0.05) is 88.9 Å². The van der Waals surface area contributed by atoms with Crippen molar-refractivity contribution in [1.82, 2.24) is 4.57 Å². The van der Waals surface area contributed by atoms with Crippen LogP contribution in [0, 0.1) is 0 Å². The second-order valence-corrected chi connectivity index (χ2v) is 11.9. The van der Waals surface area contributed by atoms with Crippen molar-refractivity contribution in [2.45, 2.75) is 75.5 Å². The monoisotopic (exact) mass is 403 g/mol. The van der Waals surface area contributed by atoms with E-state index in [9.17, 15) is 0 Å². The fourth-order valence-electron chi connectivity index (χ4n) is 5.87. The average molecular weight is 404 g/mol. The number of nitrogens with zero attached hydrogens (tertiary/aromatic N) is 1. The van der Waals surface area contributed by atoms with Crippen LogP contribution in [-0.2, 0) is 7.05 Å². The first-order valence-electron chi connectivity index (χ1n) is 11.7. The first-order chi connectivity index (χ1) is 14.3. The normalized spacial score (nSPS) is 19.2. The van der Waals surface area contributed by atoms with E-state index in [1.54, 1.807) is 5.30 Å².